The first kappa shape index (κ1) is 16.9. The fourth-order valence-corrected chi connectivity index (χ4v) is 3.52. The van der Waals surface area contributed by atoms with Crippen molar-refractivity contribution in [1.29, 1.82) is 0 Å². The standard InChI is InChI=1S/C21H22FN3O/c1-15-12-20(18-5-2-6-19(22)21(18)24-15)26-17-7-10-25(11-8-17)14-16-4-3-9-23-13-16/h2-6,9,12-13,17H,7-8,10-11,14H2,1H3. The summed E-state index contributed by atoms with van der Waals surface area (Å²) in [5.41, 5.74) is 2.39. The quantitative estimate of drug-likeness (QED) is 0.709. The van der Waals surface area contributed by atoms with Crippen LogP contribution in [0.15, 0.2) is 48.8 Å². The van der Waals surface area contributed by atoms with E-state index in [1.165, 1.54) is 11.6 Å². The Morgan fingerprint density at radius 2 is 2.04 bits per heavy atom. The Morgan fingerprint density at radius 1 is 1.19 bits per heavy atom. The molecule has 3 heterocycles. The van der Waals surface area contributed by atoms with Crippen LogP contribution < -0.4 is 4.74 Å². The Bertz CT molecular complexity index is 892. The number of fused-ring (bicyclic) bond motifs is 1. The molecule has 1 aromatic carbocycles. The molecule has 0 saturated carbocycles. The summed E-state index contributed by atoms with van der Waals surface area (Å²) in [5, 5.41) is 0.744. The topological polar surface area (TPSA) is 38.2 Å². The van der Waals surface area contributed by atoms with Gasteiger partial charge in [-0.15, -0.1) is 0 Å². The summed E-state index contributed by atoms with van der Waals surface area (Å²) in [6.45, 7) is 4.75. The summed E-state index contributed by atoms with van der Waals surface area (Å²) in [7, 11) is 0. The van der Waals surface area contributed by atoms with Gasteiger partial charge in [0.25, 0.3) is 0 Å². The van der Waals surface area contributed by atoms with Gasteiger partial charge in [-0.05, 0) is 43.5 Å². The van der Waals surface area contributed by atoms with Gasteiger partial charge in [0.1, 0.15) is 23.2 Å². The Labute approximate surface area is 152 Å². The Morgan fingerprint density at radius 3 is 2.81 bits per heavy atom. The fraction of sp³-hybridized carbons (Fsp3) is 0.333. The van der Waals surface area contributed by atoms with Crippen LogP contribution in [0.2, 0.25) is 0 Å². The van der Waals surface area contributed by atoms with Crippen LogP contribution in [-0.4, -0.2) is 34.1 Å². The van der Waals surface area contributed by atoms with Gasteiger partial charge in [-0.1, -0.05) is 12.1 Å². The third-order valence-electron chi connectivity index (χ3n) is 4.84. The number of ether oxygens (including phenoxy) is 1. The second-order valence-electron chi connectivity index (χ2n) is 6.85. The van der Waals surface area contributed by atoms with Gasteiger partial charge in [0.05, 0.1) is 0 Å². The number of aryl methyl sites for hydroxylation is 1. The van der Waals surface area contributed by atoms with Gasteiger partial charge in [0.2, 0.25) is 0 Å². The Balaban J connectivity index is 1.43. The highest BCUT2D eigenvalue weighted by molar-refractivity contribution is 5.85. The maximum absolute atomic E-state index is 14.1. The van der Waals surface area contributed by atoms with Crippen molar-refractivity contribution in [2.45, 2.75) is 32.4 Å². The van der Waals surface area contributed by atoms with E-state index in [0.29, 0.717) is 5.52 Å². The number of hydrogen-bond acceptors (Lipinski definition) is 4. The lowest BCUT2D eigenvalue weighted by atomic mass is 10.1. The van der Waals surface area contributed by atoms with Gasteiger partial charge in [-0.3, -0.25) is 9.88 Å². The number of benzene rings is 1. The molecule has 4 rings (SSSR count). The van der Waals surface area contributed by atoms with Crippen LogP contribution in [0.5, 0.6) is 5.75 Å². The van der Waals surface area contributed by atoms with Gasteiger partial charge < -0.3 is 4.74 Å². The van der Waals surface area contributed by atoms with E-state index in [-0.39, 0.29) is 11.9 Å². The summed E-state index contributed by atoms with van der Waals surface area (Å²) in [6.07, 6.45) is 5.78. The lowest BCUT2D eigenvalue weighted by Gasteiger charge is -2.32. The zero-order valence-corrected chi connectivity index (χ0v) is 14.9. The minimum Gasteiger partial charge on any atom is -0.490 e. The summed E-state index contributed by atoms with van der Waals surface area (Å²) >= 11 is 0. The lowest BCUT2D eigenvalue weighted by Crippen LogP contribution is -2.37. The number of hydrogen-bond donors (Lipinski definition) is 0. The highest BCUT2D eigenvalue weighted by Gasteiger charge is 2.22. The highest BCUT2D eigenvalue weighted by atomic mass is 19.1. The molecule has 0 N–H and O–H groups in total. The van der Waals surface area contributed by atoms with E-state index in [0.717, 1.165) is 49.3 Å². The molecule has 0 atom stereocenters. The van der Waals surface area contributed by atoms with Crippen LogP contribution in [0.3, 0.4) is 0 Å². The van der Waals surface area contributed by atoms with E-state index >= 15 is 0 Å². The monoisotopic (exact) mass is 351 g/mol. The van der Waals surface area contributed by atoms with E-state index in [1.54, 1.807) is 12.3 Å². The zero-order chi connectivity index (χ0) is 17.9. The van der Waals surface area contributed by atoms with Gasteiger partial charge >= 0.3 is 0 Å². The summed E-state index contributed by atoms with van der Waals surface area (Å²) in [5.74, 6) is 0.431. The summed E-state index contributed by atoms with van der Waals surface area (Å²) in [6, 6.07) is 11.0. The summed E-state index contributed by atoms with van der Waals surface area (Å²) < 4.78 is 20.3. The predicted octanol–water partition coefficient (Wildman–Crippen LogP) is 4.12. The van der Waals surface area contributed by atoms with Crippen molar-refractivity contribution in [1.82, 2.24) is 14.9 Å². The van der Waals surface area contributed by atoms with Crippen molar-refractivity contribution >= 4 is 10.9 Å². The van der Waals surface area contributed by atoms with Crippen molar-refractivity contribution in [3.05, 3.63) is 65.9 Å². The van der Waals surface area contributed by atoms with E-state index in [9.17, 15) is 4.39 Å². The third kappa shape index (κ3) is 3.68. The van der Waals surface area contributed by atoms with E-state index < -0.39 is 0 Å². The van der Waals surface area contributed by atoms with Crippen molar-refractivity contribution in [3.63, 3.8) is 0 Å². The van der Waals surface area contributed by atoms with Crippen LogP contribution in [0.25, 0.3) is 10.9 Å². The largest absolute Gasteiger partial charge is 0.490 e. The number of aromatic nitrogens is 2. The number of pyridine rings is 2. The molecule has 4 nitrogen and oxygen atoms in total. The molecule has 26 heavy (non-hydrogen) atoms. The summed E-state index contributed by atoms with van der Waals surface area (Å²) in [4.78, 5) is 10.9. The van der Waals surface area contributed by atoms with Gasteiger partial charge in [0, 0.05) is 49.2 Å². The molecule has 0 amide bonds. The fourth-order valence-electron chi connectivity index (χ4n) is 3.52. The highest BCUT2D eigenvalue weighted by Crippen LogP contribution is 2.29. The molecule has 134 valence electrons. The molecule has 0 spiro atoms. The molecule has 0 bridgehead atoms. The molecule has 0 aliphatic carbocycles. The first-order valence-corrected chi connectivity index (χ1v) is 9.03. The third-order valence-corrected chi connectivity index (χ3v) is 4.84. The number of nitrogens with zero attached hydrogens (tertiary/aromatic N) is 3. The SMILES string of the molecule is Cc1cc(OC2CCN(Cc3cccnc3)CC2)c2cccc(F)c2n1. The van der Waals surface area contributed by atoms with Crippen LogP contribution in [0.4, 0.5) is 4.39 Å². The molecule has 5 heteroatoms. The average molecular weight is 351 g/mol. The predicted molar refractivity (Wildman–Crippen MR) is 99.6 cm³/mol. The average Bonchev–Trinajstić information content (AvgIpc) is 2.65. The maximum atomic E-state index is 14.1. The van der Waals surface area contributed by atoms with Crippen molar-refractivity contribution in [2.24, 2.45) is 0 Å². The minimum atomic E-state index is -0.303. The molecule has 2 aromatic heterocycles. The van der Waals surface area contributed by atoms with Crippen LogP contribution in [-0.2, 0) is 6.54 Å². The van der Waals surface area contributed by atoms with Crippen molar-refractivity contribution in [2.75, 3.05) is 13.1 Å². The number of rotatable bonds is 4. The van der Waals surface area contributed by atoms with E-state index in [2.05, 4.69) is 20.9 Å². The van der Waals surface area contributed by atoms with Crippen LogP contribution in [0, 0.1) is 12.7 Å². The number of likely N-dealkylation sites (tertiary alicyclic amines) is 1. The molecule has 1 fully saturated rings. The number of halogens is 1. The number of para-hydroxylation sites is 1. The van der Waals surface area contributed by atoms with Crippen LogP contribution >= 0.6 is 0 Å². The molecule has 1 aliphatic heterocycles. The zero-order valence-electron chi connectivity index (χ0n) is 14.9. The molecule has 0 radical (unpaired) electrons. The molecular weight excluding hydrogens is 329 g/mol. The van der Waals surface area contributed by atoms with E-state index in [4.69, 9.17) is 4.74 Å². The Kier molecular flexibility index (Phi) is 4.80. The van der Waals surface area contributed by atoms with Crippen LogP contribution in [0.1, 0.15) is 24.1 Å². The van der Waals surface area contributed by atoms with Gasteiger partial charge in [-0.25, -0.2) is 9.37 Å². The van der Waals surface area contributed by atoms with Crippen molar-refractivity contribution in [3.8, 4) is 5.75 Å². The van der Waals surface area contributed by atoms with E-state index in [1.807, 2.05) is 31.3 Å². The van der Waals surface area contributed by atoms with Crippen molar-refractivity contribution < 1.29 is 9.13 Å². The molecule has 1 aliphatic rings. The smallest absolute Gasteiger partial charge is 0.149 e. The molecule has 0 unspecified atom stereocenters. The maximum Gasteiger partial charge on any atom is 0.149 e. The van der Waals surface area contributed by atoms with Gasteiger partial charge in [0.15, 0.2) is 0 Å². The molecular formula is C21H22FN3O. The molecule has 1 saturated heterocycles. The second kappa shape index (κ2) is 7.38. The first-order valence-electron chi connectivity index (χ1n) is 9.03. The van der Waals surface area contributed by atoms with Gasteiger partial charge in [-0.2, -0.15) is 0 Å². The minimum absolute atomic E-state index is 0.147. The Hall–Kier alpha value is -2.53. The molecule has 3 aromatic rings. The normalized spacial score (nSPS) is 16.1. The second-order valence-corrected chi connectivity index (χ2v) is 6.85. The first-order chi connectivity index (χ1) is 12.7. The lowest BCUT2D eigenvalue weighted by molar-refractivity contribution is 0.0978. The number of piperidine rings is 1.